The molecule has 0 saturated heterocycles. The van der Waals surface area contributed by atoms with Crippen LogP contribution in [0, 0.1) is 0 Å². The fourth-order valence-corrected chi connectivity index (χ4v) is 1.49. The van der Waals surface area contributed by atoms with Gasteiger partial charge in [0.1, 0.15) is 6.61 Å². The summed E-state index contributed by atoms with van der Waals surface area (Å²) in [4.78, 5) is 11.4. The van der Waals surface area contributed by atoms with Gasteiger partial charge in [-0.15, -0.1) is 0 Å². The highest BCUT2D eigenvalue weighted by molar-refractivity contribution is 5.96. The summed E-state index contributed by atoms with van der Waals surface area (Å²) in [5.74, 6) is 0.166. The molecule has 0 fully saturated rings. The van der Waals surface area contributed by atoms with Crippen LogP contribution >= 0.6 is 0 Å². The van der Waals surface area contributed by atoms with Crippen molar-refractivity contribution < 1.29 is 9.53 Å². The van der Waals surface area contributed by atoms with Crippen LogP contribution < -0.4 is 0 Å². The van der Waals surface area contributed by atoms with Crippen molar-refractivity contribution in [3.8, 4) is 0 Å². The fraction of sp³-hybridized carbons (Fsp3) is 0.700. The third kappa shape index (κ3) is 2.78. The van der Waals surface area contributed by atoms with Crippen LogP contribution in [0.2, 0.25) is 0 Å². The SMILES string of the molecule is COCC(=O)C1=CCCCCC1. The predicted molar refractivity (Wildman–Crippen MR) is 48.1 cm³/mol. The maximum absolute atomic E-state index is 11.4. The van der Waals surface area contributed by atoms with Crippen molar-refractivity contribution in [2.24, 2.45) is 0 Å². The van der Waals surface area contributed by atoms with Gasteiger partial charge in [-0.1, -0.05) is 12.5 Å². The highest BCUT2D eigenvalue weighted by atomic mass is 16.5. The van der Waals surface area contributed by atoms with Gasteiger partial charge in [0.05, 0.1) is 0 Å². The second-order valence-corrected chi connectivity index (χ2v) is 3.18. The first-order valence-corrected chi connectivity index (χ1v) is 4.56. The van der Waals surface area contributed by atoms with E-state index < -0.39 is 0 Å². The Balaban J connectivity index is 2.47. The van der Waals surface area contributed by atoms with Gasteiger partial charge >= 0.3 is 0 Å². The molecule has 1 aliphatic rings. The van der Waals surface area contributed by atoms with Gasteiger partial charge in [-0.2, -0.15) is 0 Å². The molecule has 0 radical (unpaired) electrons. The van der Waals surface area contributed by atoms with E-state index in [1.54, 1.807) is 7.11 Å². The van der Waals surface area contributed by atoms with Crippen molar-refractivity contribution >= 4 is 5.78 Å². The third-order valence-corrected chi connectivity index (χ3v) is 2.17. The van der Waals surface area contributed by atoms with E-state index in [1.165, 1.54) is 12.8 Å². The van der Waals surface area contributed by atoms with Crippen molar-refractivity contribution in [1.29, 1.82) is 0 Å². The van der Waals surface area contributed by atoms with E-state index in [9.17, 15) is 4.79 Å². The summed E-state index contributed by atoms with van der Waals surface area (Å²) in [5, 5.41) is 0. The van der Waals surface area contributed by atoms with Crippen molar-refractivity contribution in [2.45, 2.75) is 32.1 Å². The lowest BCUT2D eigenvalue weighted by atomic mass is 10.1. The lowest BCUT2D eigenvalue weighted by molar-refractivity contribution is -0.119. The maximum atomic E-state index is 11.4. The molecule has 0 aromatic carbocycles. The highest BCUT2D eigenvalue weighted by Gasteiger charge is 2.10. The molecule has 0 heterocycles. The quantitative estimate of drug-likeness (QED) is 0.645. The molecule has 2 nitrogen and oxygen atoms in total. The summed E-state index contributed by atoms with van der Waals surface area (Å²) in [6.45, 7) is 0.242. The molecule has 0 spiro atoms. The summed E-state index contributed by atoms with van der Waals surface area (Å²) in [5.41, 5.74) is 0.981. The van der Waals surface area contributed by atoms with E-state index in [2.05, 4.69) is 6.08 Å². The Hall–Kier alpha value is -0.630. The minimum absolute atomic E-state index is 0.166. The Kier molecular flexibility index (Phi) is 4.01. The van der Waals surface area contributed by atoms with Gasteiger partial charge in [0, 0.05) is 7.11 Å². The largest absolute Gasteiger partial charge is 0.377 e. The number of ketones is 1. The lowest BCUT2D eigenvalue weighted by Gasteiger charge is -2.02. The Morgan fingerprint density at radius 3 is 3.08 bits per heavy atom. The Labute approximate surface area is 73.6 Å². The minimum Gasteiger partial charge on any atom is -0.377 e. The van der Waals surface area contributed by atoms with Crippen LogP contribution in [-0.4, -0.2) is 19.5 Å². The first kappa shape index (κ1) is 9.46. The molecule has 12 heavy (non-hydrogen) atoms. The predicted octanol–water partition coefficient (Wildman–Crippen LogP) is 2.09. The van der Waals surface area contributed by atoms with Crippen LogP contribution in [0.25, 0.3) is 0 Å². The second-order valence-electron chi connectivity index (χ2n) is 3.18. The lowest BCUT2D eigenvalue weighted by Crippen LogP contribution is -2.09. The number of methoxy groups -OCH3 is 1. The summed E-state index contributed by atoms with van der Waals surface area (Å²) < 4.78 is 4.81. The third-order valence-electron chi connectivity index (χ3n) is 2.17. The summed E-state index contributed by atoms with van der Waals surface area (Å²) in [6.07, 6.45) is 7.71. The summed E-state index contributed by atoms with van der Waals surface area (Å²) >= 11 is 0. The van der Waals surface area contributed by atoms with Crippen LogP contribution in [0.15, 0.2) is 11.6 Å². The zero-order valence-electron chi connectivity index (χ0n) is 7.64. The fourth-order valence-electron chi connectivity index (χ4n) is 1.49. The molecule has 0 aromatic heterocycles. The topological polar surface area (TPSA) is 26.3 Å². The summed E-state index contributed by atoms with van der Waals surface area (Å²) in [6, 6.07) is 0. The minimum atomic E-state index is 0.166. The average Bonchev–Trinajstić information content (AvgIpc) is 2.32. The van der Waals surface area contributed by atoms with Gasteiger partial charge in [-0.25, -0.2) is 0 Å². The van der Waals surface area contributed by atoms with Gasteiger partial charge in [-0.3, -0.25) is 4.79 Å². The smallest absolute Gasteiger partial charge is 0.184 e. The standard InChI is InChI=1S/C10H16O2/c1-12-8-10(11)9-6-4-2-3-5-7-9/h6H,2-5,7-8H2,1H3. The molecule has 1 rings (SSSR count). The van der Waals surface area contributed by atoms with Gasteiger partial charge in [-0.05, 0) is 31.3 Å². The van der Waals surface area contributed by atoms with E-state index in [0.717, 1.165) is 24.8 Å². The van der Waals surface area contributed by atoms with Gasteiger partial charge in [0.15, 0.2) is 5.78 Å². The number of ether oxygens (including phenoxy) is 1. The van der Waals surface area contributed by atoms with Crippen molar-refractivity contribution in [1.82, 2.24) is 0 Å². The van der Waals surface area contributed by atoms with Crippen LogP contribution in [0.4, 0.5) is 0 Å². The number of Topliss-reactive ketones (excluding diaryl/α,β-unsaturated/α-hetero) is 1. The monoisotopic (exact) mass is 168 g/mol. The maximum Gasteiger partial charge on any atom is 0.184 e. The first-order valence-electron chi connectivity index (χ1n) is 4.56. The Morgan fingerprint density at radius 1 is 1.50 bits per heavy atom. The molecule has 0 aliphatic heterocycles. The first-order chi connectivity index (χ1) is 5.84. The second kappa shape index (κ2) is 5.09. The molecule has 0 aromatic rings. The molecule has 0 N–H and O–H groups in total. The zero-order valence-corrected chi connectivity index (χ0v) is 7.64. The average molecular weight is 168 g/mol. The summed E-state index contributed by atoms with van der Waals surface area (Å²) in [7, 11) is 1.56. The van der Waals surface area contributed by atoms with Gasteiger partial charge in [0.2, 0.25) is 0 Å². The van der Waals surface area contributed by atoms with Crippen LogP contribution in [0.1, 0.15) is 32.1 Å². The number of hydrogen-bond donors (Lipinski definition) is 0. The Bertz CT molecular complexity index is 182. The van der Waals surface area contributed by atoms with Crippen molar-refractivity contribution in [2.75, 3.05) is 13.7 Å². The normalized spacial score (nSPS) is 18.2. The Morgan fingerprint density at radius 2 is 2.33 bits per heavy atom. The molecule has 0 unspecified atom stereocenters. The molecular weight excluding hydrogens is 152 g/mol. The van der Waals surface area contributed by atoms with Crippen molar-refractivity contribution in [3.05, 3.63) is 11.6 Å². The van der Waals surface area contributed by atoms with E-state index in [1.807, 2.05) is 0 Å². The van der Waals surface area contributed by atoms with Gasteiger partial charge < -0.3 is 4.74 Å². The number of carbonyl (C=O) groups excluding carboxylic acids is 1. The van der Waals surface area contributed by atoms with E-state index >= 15 is 0 Å². The van der Waals surface area contributed by atoms with E-state index in [4.69, 9.17) is 4.74 Å². The van der Waals surface area contributed by atoms with Crippen LogP contribution in [-0.2, 0) is 9.53 Å². The molecule has 2 heteroatoms. The molecule has 68 valence electrons. The molecule has 0 bridgehead atoms. The molecule has 0 atom stereocenters. The van der Waals surface area contributed by atoms with Gasteiger partial charge in [0.25, 0.3) is 0 Å². The zero-order chi connectivity index (χ0) is 8.81. The number of carbonyl (C=O) groups is 1. The number of allylic oxidation sites excluding steroid dienone is 1. The molecular formula is C10H16O2. The van der Waals surface area contributed by atoms with E-state index in [-0.39, 0.29) is 12.4 Å². The number of hydrogen-bond acceptors (Lipinski definition) is 2. The highest BCUT2D eigenvalue weighted by Crippen LogP contribution is 2.17. The molecule has 0 amide bonds. The van der Waals surface area contributed by atoms with Crippen LogP contribution in [0.5, 0.6) is 0 Å². The molecule has 1 aliphatic carbocycles. The van der Waals surface area contributed by atoms with E-state index in [0.29, 0.717) is 0 Å². The van der Waals surface area contributed by atoms with Crippen molar-refractivity contribution in [3.63, 3.8) is 0 Å². The molecule has 0 saturated carbocycles. The van der Waals surface area contributed by atoms with Crippen LogP contribution in [0.3, 0.4) is 0 Å². The number of rotatable bonds is 3.